The number of likely N-dealkylation sites (N-methyl/N-ethyl adjacent to an activating group) is 1. The van der Waals surface area contributed by atoms with Crippen LogP contribution in [0.4, 0.5) is 0 Å². The molecule has 0 heterocycles. The number of allylic oxidation sites excluding steroid dienone is 1. The Morgan fingerprint density at radius 2 is 2.42 bits per heavy atom. The first-order valence-electron chi connectivity index (χ1n) is 3.90. The van der Waals surface area contributed by atoms with Gasteiger partial charge in [-0.2, -0.15) is 0 Å². The van der Waals surface area contributed by atoms with Gasteiger partial charge in [0.1, 0.15) is 11.6 Å². The molecule has 2 unspecified atom stereocenters. The van der Waals surface area contributed by atoms with Crippen LogP contribution in [0.25, 0.3) is 0 Å². The average molecular weight is 171 g/mol. The normalized spacial score (nSPS) is 35.0. The van der Waals surface area contributed by atoms with Crippen LogP contribution in [0.3, 0.4) is 0 Å². The molecule has 0 amide bonds. The van der Waals surface area contributed by atoms with E-state index < -0.39 is 17.6 Å². The lowest BCUT2D eigenvalue weighted by atomic mass is 9.83. The number of carbonyl (C=O) groups is 1. The molecule has 0 aromatic rings. The van der Waals surface area contributed by atoms with E-state index in [0.717, 1.165) is 0 Å². The van der Waals surface area contributed by atoms with Crippen LogP contribution in [0.2, 0.25) is 0 Å². The third kappa shape index (κ3) is 1.23. The molecule has 68 valence electrons. The summed E-state index contributed by atoms with van der Waals surface area (Å²) in [6.45, 7) is 0. The summed E-state index contributed by atoms with van der Waals surface area (Å²) in [6, 6.07) is 0. The lowest BCUT2D eigenvalue weighted by Gasteiger charge is -2.34. The lowest BCUT2D eigenvalue weighted by molar-refractivity contribution is -0.149. The van der Waals surface area contributed by atoms with Gasteiger partial charge in [0, 0.05) is 0 Å². The number of hydrogen-bond donors (Lipinski definition) is 3. The molecule has 0 saturated carbocycles. The molecular formula is C8H13NO3. The zero-order valence-corrected chi connectivity index (χ0v) is 6.95. The fourth-order valence-corrected chi connectivity index (χ4v) is 1.46. The number of aliphatic hydroxyl groups excluding tert-OH is 1. The molecule has 0 fully saturated rings. The van der Waals surface area contributed by atoms with Crippen molar-refractivity contribution in [3.05, 3.63) is 12.2 Å². The van der Waals surface area contributed by atoms with Crippen LogP contribution in [0.15, 0.2) is 12.2 Å². The van der Waals surface area contributed by atoms with Crippen LogP contribution in [0.5, 0.6) is 0 Å². The number of hydrogen-bond acceptors (Lipinski definition) is 3. The second-order valence-corrected chi connectivity index (χ2v) is 2.94. The molecule has 0 radical (unpaired) electrons. The van der Waals surface area contributed by atoms with Gasteiger partial charge in [-0.05, 0) is 19.9 Å². The van der Waals surface area contributed by atoms with Crippen molar-refractivity contribution in [1.29, 1.82) is 0 Å². The first-order chi connectivity index (χ1) is 5.63. The van der Waals surface area contributed by atoms with Crippen LogP contribution < -0.4 is 5.32 Å². The minimum atomic E-state index is -1.19. The van der Waals surface area contributed by atoms with Gasteiger partial charge in [-0.15, -0.1) is 0 Å². The van der Waals surface area contributed by atoms with Crippen molar-refractivity contribution < 1.29 is 15.0 Å². The largest absolute Gasteiger partial charge is 0.480 e. The smallest absolute Gasteiger partial charge is 0.326 e. The molecule has 0 spiro atoms. The SMILES string of the molecule is CNC1(C(=O)O)CCC=CC1O. The molecule has 0 bridgehead atoms. The Kier molecular flexibility index (Phi) is 2.49. The number of nitrogens with one attached hydrogen (secondary N) is 1. The van der Waals surface area contributed by atoms with Gasteiger partial charge in [-0.3, -0.25) is 4.79 Å². The topological polar surface area (TPSA) is 69.6 Å². The van der Waals surface area contributed by atoms with E-state index in [1.807, 2.05) is 0 Å². The van der Waals surface area contributed by atoms with E-state index in [2.05, 4.69) is 5.32 Å². The molecule has 2 atom stereocenters. The van der Waals surface area contributed by atoms with E-state index >= 15 is 0 Å². The predicted octanol–water partition coefficient (Wildman–Crippen LogP) is -0.260. The number of carboxylic acids is 1. The summed E-state index contributed by atoms with van der Waals surface area (Å²) >= 11 is 0. The van der Waals surface area contributed by atoms with Gasteiger partial charge in [0.05, 0.1) is 0 Å². The summed E-state index contributed by atoms with van der Waals surface area (Å²) < 4.78 is 0. The quantitative estimate of drug-likeness (QED) is 0.501. The third-order valence-electron chi connectivity index (χ3n) is 2.36. The van der Waals surface area contributed by atoms with E-state index in [9.17, 15) is 9.90 Å². The molecule has 1 aliphatic carbocycles. The van der Waals surface area contributed by atoms with Crippen LogP contribution in [0.1, 0.15) is 12.8 Å². The van der Waals surface area contributed by atoms with E-state index in [4.69, 9.17) is 5.11 Å². The Morgan fingerprint density at radius 3 is 2.75 bits per heavy atom. The second-order valence-electron chi connectivity index (χ2n) is 2.94. The van der Waals surface area contributed by atoms with Crippen LogP contribution >= 0.6 is 0 Å². The lowest BCUT2D eigenvalue weighted by Crippen LogP contribution is -2.59. The van der Waals surface area contributed by atoms with Gasteiger partial charge in [0.2, 0.25) is 0 Å². The number of aliphatic carboxylic acids is 1. The molecule has 1 aliphatic rings. The summed E-state index contributed by atoms with van der Waals surface area (Å²) in [5.41, 5.74) is -1.19. The Morgan fingerprint density at radius 1 is 1.75 bits per heavy atom. The maximum absolute atomic E-state index is 10.9. The molecule has 12 heavy (non-hydrogen) atoms. The highest BCUT2D eigenvalue weighted by Crippen LogP contribution is 2.23. The molecular weight excluding hydrogens is 158 g/mol. The molecule has 0 aromatic carbocycles. The fourth-order valence-electron chi connectivity index (χ4n) is 1.46. The van der Waals surface area contributed by atoms with E-state index in [1.165, 1.54) is 6.08 Å². The van der Waals surface area contributed by atoms with Crippen molar-refractivity contribution in [3.8, 4) is 0 Å². The zero-order chi connectivity index (χ0) is 9.19. The molecule has 1 rings (SSSR count). The molecule has 4 nitrogen and oxygen atoms in total. The Bertz CT molecular complexity index is 214. The van der Waals surface area contributed by atoms with Crippen molar-refractivity contribution in [1.82, 2.24) is 5.32 Å². The Hall–Kier alpha value is -0.870. The summed E-state index contributed by atoms with van der Waals surface area (Å²) in [5, 5.41) is 21.0. The van der Waals surface area contributed by atoms with Gasteiger partial charge >= 0.3 is 5.97 Å². The molecule has 0 aliphatic heterocycles. The summed E-state index contributed by atoms with van der Waals surface area (Å²) in [6.07, 6.45) is 3.49. The van der Waals surface area contributed by atoms with E-state index in [0.29, 0.717) is 12.8 Å². The highest BCUT2D eigenvalue weighted by molar-refractivity contribution is 5.80. The van der Waals surface area contributed by atoms with Crippen molar-refractivity contribution in [2.45, 2.75) is 24.5 Å². The number of carboxylic acid groups (broad SMARTS) is 1. The summed E-state index contributed by atoms with van der Waals surface area (Å²) in [5.74, 6) is -0.998. The standard InChI is InChI=1S/C8H13NO3/c1-9-8(7(11)12)5-3-2-4-6(8)10/h2,4,6,9-10H,3,5H2,1H3,(H,11,12). The summed E-state index contributed by atoms with van der Waals surface area (Å²) in [4.78, 5) is 10.9. The van der Waals surface area contributed by atoms with Crippen molar-refractivity contribution >= 4 is 5.97 Å². The second kappa shape index (κ2) is 3.25. The van der Waals surface area contributed by atoms with Gasteiger partial charge < -0.3 is 15.5 Å². The number of rotatable bonds is 2. The molecule has 0 saturated heterocycles. The maximum Gasteiger partial charge on any atom is 0.326 e. The Balaban J connectivity index is 2.91. The predicted molar refractivity (Wildman–Crippen MR) is 43.8 cm³/mol. The highest BCUT2D eigenvalue weighted by Gasteiger charge is 2.43. The maximum atomic E-state index is 10.9. The zero-order valence-electron chi connectivity index (χ0n) is 6.95. The van der Waals surface area contributed by atoms with Crippen LogP contribution in [0, 0.1) is 0 Å². The number of aliphatic hydroxyl groups is 1. The Labute approximate surface area is 70.9 Å². The van der Waals surface area contributed by atoms with Gasteiger partial charge in [0.25, 0.3) is 0 Å². The van der Waals surface area contributed by atoms with Gasteiger partial charge in [-0.1, -0.05) is 12.2 Å². The molecule has 4 heteroatoms. The summed E-state index contributed by atoms with van der Waals surface area (Å²) in [7, 11) is 1.55. The monoisotopic (exact) mass is 171 g/mol. The van der Waals surface area contributed by atoms with Crippen molar-refractivity contribution in [2.24, 2.45) is 0 Å². The van der Waals surface area contributed by atoms with Crippen molar-refractivity contribution in [2.75, 3.05) is 7.05 Å². The average Bonchev–Trinajstić information content (AvgIpc) is 2.05. The van der Waals surface area contributed by atoms with Crippen LogP contribution in [-0.4, -0.2) is 34.9 Å². The van der Waals surface area contributed by atoms with Gasteiger partial charge in [-0.25, -0.2) is 0 Å². The highest BCUT2D eigenvalue weighted by atomic mass is 16.4. The van der Waals surface area contributed by atoms with E-state index in [1.54, 1.807) is 13.1 Å². The molecule has 0 aromatic heterocycles. The minimum Gasteiger partial charge on any atom is -0.480 e. The van der Waals surface area contributed by atoms with Crippen LogP contribution in [-0.2, 0) is 4.79 Å². The third-order valence-corrected chi connectivity index (χ3v) is 2.36. The van der Waals surface area contributed by atoms with Crippen molar-refractivity contribution in [3.63, 3.8) is 0 Å². The van der Waals surface area contributed by atoms with Gasteiger partial charge in [0.15, 0.2) is 0 Å². The first kappa shape index (κ1) is 9.22. The first-order valence-corrected chi connectivity index (χ1v) is 3.90. The fraction of sp³-hybridized carbons (Fsp3) is 0.625. The van der Waals surface area contributed by atoms with E-state index in [-0.39, 0.29) is 0 Å². The molecule has 3 N–H and O–H groups in total. The minimum absolute atomic E-state index is 0.427.